The van der Waals surface area contributed by atoms with Crippen LogP contribution in [0.1, 0.15) is 39.8 Å². The standard InChI is InChI=1S/C74H15NO3S/c1-78-12-9-7-11(8-10-12)73(75-79(76,77)13-5-3-2-4-6-13)74-70-66-60-46-38-30-18-15-14-16-19(18)31-33-29-23(16)25-21-17(14)20-24-22(15)28-32(30)44(46)52-50-36(28)34(24)42-40-26(20)27(21)41-43-35(25)37(29)51-53-45(33)47(39(31)38)61(60)67(70)63(53)65-57(51)55(43)59-49(41)48(40)58-54(42)56(50)64(62(52)66)71(74)68(58)69(59)72(65)74/h2-10,70,73,75H,1H3. The Balaban J connectivity index is 1.05. The molecule has 4 aliphatic carbocycles. The van der Waals surface area contributed by atoms with Gasteiger partial charge in [-0.25, -0.2) is 13.1 Å². The van der Waals surface area contributed by atoms with E-state index in [-0.39, 0.29) is 5.92 Å². The van der Waals surface area contributed by atoms with Gasteiger partial charge in [0.05, 0.1) is 23.5 Å². The minimum absolute atomic E-state index is 0.149. The molecule has 1 unspecified atom stereocenters. The molecule has 0 aromatic heterocycles. The lowest BCUT2D eigenvalue weighted by Gasteiger charge is -2.50. The Labute approximate surface area is 433 Å². The molecule has 30 aromatic rings. The zero-order chi connectivity index (χ0) is 48.2. The summed E-state index contributed by atoms with van der Waals surface area (Å²) in [5.41, 5.74) is 5.97. The highest BCUT2D eigenvalue weighted by molar-refractivity contribution is 7.89. The lowest BCUT2D eigenvalue weighted by Crippen LogP contribution is -2.49. The first-order chi connectivity index (χ1) is 39.1. The molecule has 0 bridgehead atoms. The predicted molar refractivity (Wildman–Crippen MR) is 327 cm³/mol. The molecular weight excluding hydrogens is 983 g/mol. The van der Waals surface area contributed by atoms with Gasteiger partial charge in [-0.1, -0.05) is 30.3 Å². The van der Waals surface area contributed by atoms with Crippen molar-refractivity contribution in [2.24, 2.45) is 0 Å². The molecule has 1 atom stereocenters. The number of benzene rings is 20. The van der Waals surface area contributed by atoms with Crippen LogP contribution >= 0.6 is 0 Å². The third kappa shape index (κ3) is 1.93. The van der Waals surface area contributed by atoms with Crippen LogP contribution in [0.4, 0.5) is 0 Å². The first kappa shape index (κ1) is 31.7. The molecule has 0 fully saturated rings. The summed E-state index contributed by atoms with van der Waals surface area (Å²) in [4.78, 5) is 0.303. The van der Waals surface area contributed by atoms with Crippen molar-refractivity contribution in [3.63, 3.8) is 0 Å². The van der Waals surface area contributed by atoms with Crippen molar-refractivity contribution in [1.29, 1.82) is 0 Å². The normalized spacial score (nSPS) is 20.2. The molecule has 4 aliphatic rings. The summed E-state index contributed by atoms with van der Waals surface area (Å²) < 4.78 is 41.9. The Morgan fingerprint density at radius 3 is 0.848 bits per heavy atom. The fourth-order valence-electron chi connectivity index (χ4n) is 25.7. The maximum atomic E-state index is 16.1. The largest absolute Gasteiger partial charge is 0.497 e. The highest BCUT2D eigenvalue weighted by Gasteiger charge is 2.66. The van der Waals surface area contributed by atoms with Gasteiger partial charge in [-0.15, -0.1) is 0 Å². The molecule has 1 N–H and O–H groups in total. The molecular formula is C74H15NO3S. The number of rotatable bonds is 6. The van der Waals surface area contributed by atoms with E-state index in [1.54, 1.807) is 170 Å². The number of nitrogens with one attached hydrogen (secondary N) is 1. The number of methoxy groups -OCH3 is 1. The maximum Gasteiger partial charge on any atom is 0.241 e. The highest BCUT2D eigenvalue weighted by Crippen LogP contribution is 2.84. The van der Waals surface area contributed by atoms with E-state index in [1.807, 2.05) is 18.2 Å². The summed E-state index contributed by atoms with van der Waals surface area (Å²) in [5.74, 6) is 0.621. The van der Waals surface area contributed by atoms with Crippen molar-refractivity contribution in [2.75, 3.05) is 7.11 Å². The lowest BCUT2D eigenvalue weighted by molar-refractivity contribution is 0.362. The molecule has 340 valence electrons. The van der Waals surface area contributed by atoms with E-state index in [9.17, 15) is 0 Å². The van der Waals surface area contributed by atoms with E-state index < -0.39 is 21.5 Å². The van der Waals surface area contributed by atoms with Gasteiger partial charge in [-0.2, -0.15) is 0 Å². The number of sulfonamides is 1. The monoisotopic (exact) mass is 997 g/mol. The van der Waals surface area contributed by atoms with Gasteiger partial charge in [0.1, 0.15) is 5.75 Å². The van der Waals surface area contributed by atoms with Crippen LogP contribution in [0.3, 0.4) is 0 Å². The zero-order valence-corrected chi connectivity index (χ0v) is 41.3. The molecule has 0 amide bonds. The second-order valence-electron chi connectivity index (χ2n) is 27.3. The van der Waals surface area contributed by atoms with E-state index in [1.165, 1.54) is 162 Å². The van der Waals surface area contributed by atoms with E-state index in [4.69, 9.17) is 4.74 Å². The van der Waals surface area contributed by atoms with Gasteiger partial charge in [-0.3, -0.25) is 0 Å². The number of hydrogen-bond donors (Lipinski definition) is 1. The van der Waals surface area contributed by atoms with Crippen molar-refractivity contribution in [2.45, 2.75) is 22.3 Å². The smallest absolute Gasteiger partial charge is 0.241 e. The van der Waals surface area contributed by atoms with Gasteiger partial charge in [-0.05, 0) is 343 Å². The molecule has 34 rings (SSSR count). The molecule has 0 heterocycles. The third-order valence-electron chi connectivity index (χ3n) is 26.4. The second kappa shape index (κ2) is 7.64. The van der Waals surface area contributed by atoms with Crippen LogP contribution in [0.5, 0.6) is 5.75 Å². The van der Waals surface area contributed by atoms with Crippen molar-refractivity contribution < 1.29 is 13.2 Å². The van der Waals surface area contributed by atoms with Crippen LogP contribution < -0.4 is 9.46 Å². The lowest BCUT2D eigenvalue weighted by atomic mass is 9.53. The van der Waals surface area contributed by atoms with Crippen LogP contribution in [0.15, 0.2) is 59.5 Å². The minimum Gasteiger partial charge on any atom is -0.497 e. The van der Waals surface area contributed by atoms with Crippen molar-refractivity contribution in [3.8, 4) is 5.75 Å². The van der Waals surface area contributed by atoms with Gasteiger partial charge in [0.25, 0.3) is 0 Å². The first-order valence-electron chi connectivity index (χ1n) is 28.6. The van der Waals surface area contributed by atoms with Gasteiger partial charge in [0.2, 0.25) is 10.0 Å². The summed E-state index contributed by atoms with van der Waals surface area (Å²) in [6.07, 6.45) is 0. The zero-order valence-electron chi connectivity index (χ0n) is 40.5. The second-order valence-corrected chi connectivity index (χ2v) is 29.0. The predicted octanol–water partition coefficient (Wildman–Crippen LogP) is 18.9. The molecule has 79 heavy (non-hydrogen) atoms. The molecule has 30 aromatic carbocycles. The SMILES string of the molecule is COc1ccc(C(NS(=O)(=O)c2ccccc2)C23c4c5c6c7c8c9c(c%10c%11c2c2c4c4c%12c5c5c6c6c8c8c%13c9c9c%10c%10c%11c%11c2c2c4c4c%12c%12c5c5c6c8c6c8c%13c9c9c%10c%10c%11c2c2c4c4c%12c5c6c5c8c9c%10c2c45)C73)cc1. The molecule has 0 saturated heterocycles. The summed E-state index contributed by atoms with van der Waals surface area (Å²) in [6.45, 7) is 0. The van der Waals surface area contributed by atoms with Gasteiger partial charge >= 0.3 is 0 Å². The van der Waals surface area contributed by atoms with Gasteiger partial charge in [0.15, 0.2) is 0 Å². The van der Waals surface area contributed by atoms with Crippen molar-refractivity contribution in [1.82, 2.24) is 4.72 Å². The van der Waals surface area contributed by atoms with Crippen LogP contribution in [0, 0.1) is 0 Å². The quantitative estimate of drug-likeness (QED) is 0.169. The fourth-order valence-corrected chi connectivity index (χ4v) is 27.0. The topological polar surface area (TPSA) is 55.4 Å². The summed E-state index contributed by atoms with van der Waals surface area (Å²) in [6, 6.07) is 17.2. The Bertz CT molecular complexity index is 7790. The van der Waals surface area contributed by atoms with Crippen LogP contribution in [0.2, 0.25) is 0 Å². The average molecular weight is 998 g/mol. The van der Waals surface area contributed by atoms with Crippen LogP contribution in [-0.4, -0.2) is 15.5 Å². The van der Waals surface area contributed by atoms with Crippen molar-refractivity contribution >= 4 is 301 Å². The number of ether oxygens (including phenoxy) is 1. The third-order valence-corrected chi connectivity index (χ3v) is 27.9. The molecule has 0 saturated carbocycles. The molecule has 4 nitrogen and oxygen atoms in total. The summed E-state index contributed by atoms with van der Waals surface area (Å²) in [7, 11) is -2.40. The molecule has 0 spiro atoms. The van der Waals surface area contributed by atoms with Crippen LogP contribution in [0.25, 0.3) is 291 Å². The van der Waals surface area contributed by atoms with E-state index >= 15 is 8.42 Å². The summed E-state index contributed by atoms with van der Waals surface area (Å²) in [5, 5.41) is 83.0. The van der Waals surface area contributed by atoms with Crippen molar-refractivity contribution in [3.05, 3.63) is 82.4 Å². The summed E-state index contributed by atoms with van der Waals surface area (Å²) >= 11 is 0. The van der Waals surface area contributed by atoms with E-state index in [0.717, 1.165) is 11.3 Å². The first-order valence-corrected chi connectivity index (χ1v) is 30.1. The Morgan fingerprint density at radius 1 is 0.329 bits per heavy atom. The van der Waals surface area contributed by atoms with E-state index in [2.05, 4.69) is 29.0 Å². The van der Waals surface area contributed by atoms with Gasteiger partial charge < -0.3 is 4.74 Å². The molecule has 5 heteroatoms. The minimum atomic E-state index is -4.14. The molecule has 0 radical (unpaired) electrons. The van der Waals surface area contributed by atoms with E-state index in [0.29, 0.717) is 4.90 Å². The van der Waals surface area contributed by atoms with Crippen LogP contribution in [-0.2, 0) is 15.4 Å². The Morgan fingerprint density at radius 2 is 0.570 bits per heavy atom. The fraction of sp³-hybridized carbons (Fsp3) is 0.0541. The van der Waals surface area contributed by atoms with Gasteiger partial charge in [0, 0.05) is 5.92 Å². The molecule has 0 aliphatic heterocycles. The number of hydrogen-bond acceptors (Lipinski definition) is 3. The average Bonchev–Trinajstić information content (AvgIpc) is 1.49. The Hall–Kier alpha value is -9.39. The highest BCUT2D eigenvalue weighted by atomic mass is 32.2. The Kier molecular flexibility index (Phi) is 3.07. The maximum absolute atomic E-state index is 16.1.